The molecule has 4 aromatic rings. The van der Waals surface area contributed by atoms with E-state index in [-0.39, 0.29) is 5.63 Å². The molecule has 0 N–H and O–H groups in total. The Hall–Kier alpha value is -3.41. The average Bonchev–Trinajstić information content (AvgIpc) is 3.14. The fourth-order valence-corrected chi connectivity index (χ4v) is 3.13. The van der Waals surface area contributed by atoms with E-state index >= 15 is 0 Å². The van der Waals surface area contributed by atoms with E-state index in [2.05, 4.69) is 22.4 Å². The van der Waals surface area contributed by atoms with Crippen LogP contribution >= 0.6 is 0 Å². The molecule has 0 aliphatic carbocycles. The van der Waals surface area contributed by atoms with Gasteiger partial charge in [0.1, 0.15) is 17.9 Å². The van der Waals surface area contributed by atoms with Gasteiger partial charge in [-0.05, 0) is 43.0 Å². The highest BCUT2D eigenvalue weighted by atomic mass is 16.5. The molecule has 2 aromatic heterocycles. The van der Waals surface area contributed by atoms with Gasteiger partial charge in [0.2, 0.25) is 0 Å². The van der Waals surface area contributed by atoms with Crippen LogP contribution in [0.15, 0.2) is 70.0 Å². The number of hydrogen-bond acceptors (Lipinski definition) is 5. The molecule has 0 aliphatic rings. The largest absolute Gasteiger partial charge is 0.492 e. The van der Waals surface area contributed by atoms with Crippen molar-refractivity contribution < 1.29 is 9.15 Å². The molecule has 0 aliphatic heterocycles. The second-order valence-electron chi connectivity index (χ2n) is 6.71. The molecule has 0 saturated carbocycles. The SMILES string of the molecule is Cc1cc(=O)oc2cc(OCCn3cc(CCc4ccccc4)nn3)ccc12. The van der Waals surface area contributed by atoms with Gasteiger partial charge in [0, 0.05) is 23.7 Å². The first-order valence-corrected chi connectivity index (χ1v) is 9.28. The first-order chi connectivity index (χ1) is 13.7. The number of aryl methyl sites for hydroxylation is 3. The number of benzene rings is 2. The van der Waals surface area contributed by atoms with Crippen LogP contribution in [-0.4, -0.2) is 21.6 Å². The Morgan fingerprint density at radius 3 is 2.79 bits per heavy atom. The summed E-state index contributed by atoms with van der Waals surface area (Å²) in [7, 11) is 0. The fraction of sp³-hybridized carbons (Fsp3) is 0.227. The normalized spacial score (nSPS) is 11.0. The Morgan fingerprint density at radius 2 is 1.93 bits per heavy atom. The van der Waals surface area contributed by atoms with Crippen LogP contribution in [-0.2, 0) is 19.4 Å². The number of ether oxygens (including phenoxy) is 1. The summed E-state index contributed by atoms with van der Waals surface area (Å²) in [6.07, 6.45) is 3.75. The molecule has 0 fully saturated rings. The number of fused-ring (bicyclic) bond motifs is 1. The molecule has 4 rings (SSSR count). The monoisotopic (exact) mass is 375 g/mol. The van der Waals surface area contributed by atoms with Crippen molar-refractivity contribution in [2.45, 2.75) is 26.3 Å². The fourth-order valence-electron chi connectivity index (χ4n) is 3.13. The molecule has 0 unspecified atom stereocenters. The molecule has 142 valence electrons. The summed E-state index contributed by atoms with van der Waals surface area (Å²) in [4.78, 5) is 11.5. The maximum Gasteiger partial charge on any atom is 0.336 e. The smallest absolute Gasteiger partial charge is 0.336 e. The third kappa shape index (κ3) is 4.28. The lowest BCUT2D eigenvalue weighted by atomic mass is 10.1. The Kier molecular flexibility index (Phi) is 5.19. The van der Waals surface area contributed by atoms with Crippen molar-refractivity contribution in [1.29, 1.82) is 0 Å². The molecule has 0 atom stereocenters. The summed E-state index contributed by atoms with van der Waals surface area (Å²) >= 11 is 0. The van der Waals surface area contributed by atoms with Crippen molar-refractivity contribution >= 4 is 11.0 Å². The van der Waals surface area contributed by atoms with Crippen LogP contribution in [0.3, 0.4) is 0 Å². The average molecular weight is 375 g/mol. The standard InChI is InChI=1S/C22H21N3O3/c1-16-13-22(26)28-21-14-19(9-10-20(16)21)27-12-11-25-15-18(23-24-25)8-7-17-5-3-2-4-6-17/h2-6,9-10,13-15H,7-8,11-12H2,1H3. The number of nitrogens with zero attached hydrogens (tertiary/aromatic N) is 3. The van der Waals surface area contributed by atoms with Crippen molar-refractivity contribution in [1.82, 2.24) is 15.0 Å². The Morgan fingerprint density at radius 1 is 1.07 bits per heavy atom. The number of hydrogen-bond donors (Lipinski definition) is 0. The molecule has 0 bridgehead atoms. The van der Waals surface area contributed by atoms with Crippen LogP contribution in [0.25, 0.3) is 11.0 Å². The number of rotatable bonds is 7. The Labute approximate surface area is 162 Å². The van der Waals surface area contributed by atoms with Gasteiger partial charge in [-0.15, -0.1) is 5.10 Å². The van der Waals surface area contributed by atoms with E-state index in [0.29, 0.717) is 24.5 Å². The van der Waals surface area contributed by atoms with Crippen LogP contribution < -0.4 is 10.4 Å². The summed E-state index contributed by atoms with van der Waals surface area (Å²) in [5.74, 6) is 0.658. The lowest BCUT2D eigenvalue weighted by Crippen LogP contribution is -2.08. The van der Waals surface area contributed by atoms with E-state index in [0.717, 1.165) is 29.5 Å². The molecule has 28 heavy (non-hydrogen) atoms. The van der Waals surface area contributed by atoms with E-state index in [1.807, 2.05) is 43.5 Å². The van der Waals surface area contributed by atoms with Crippen molar-refractivity contribution in [2.24, 2.45) is 0 Å². The van der Waals surface area contributed by atoms with Gasteiger partial charge in [0.25, 0.3) is 0 Å². The van der Waals surface area contributed by atoms with Gasteiger partial charge in [-0.25, -0.2) is 9.48 Å². The first-order valence-electron chi connectivity index (χ1n) is 9.28. The van der Waals surface area contributed by atoms with Crippen LogP contribution in [0.5, 0.6) is 5.75 Å². The second-order valence-corrected chi connectivity index (χ2v) is 6.71. The third-order valence-corrected chi connectivity index (χ3v) is 4.61. The van der Waals surface area contributed by atoms with Crippen molar-refractivity contribution in [3.63, 3.8) is 0 Å². The molecule has 0 radical (unpaired) electrons. The highest BCUT2D eigenvalue weighted by molar-refractivity contribution is 5.81. The maximum absolute atomic E-state index is 11.5. The van der Waals surface area contributed by atoms with Crippen molar-refractivity contribution in [3.05, 3.63) is 88.0 Å². The van der Waals surface area contributed by atoms with E-state index in [4.69, 9.17) is 9.15 Å². The van der Waals surface area contributed by atoms with Crippen LogP contribution in [0.1, 0.15) is 16.8 Å². The minimum atomic E-state index is -0.354. The summed E-state index contributed by atoms with van der Waals surface area (Å²) in [6.45, 7) is 2.93. The molecule has 2 heterocycles. The molecule has 6 heteroatoms. The van der Waals surface area contributed by atoms with Crippen molar-refractivity contribution in [2.75, 3.05) is 6.61 Å². The van der Waals surface area contributed by atoms with Crippen LogP contribution in [0.4, 0.5) is 0 Å². The highest BCUT2D eigenvalue weighted by Crippen LogP contribution is 2.22. The van der Waals surface area contributed by atoms with E-state index in [9.17, 15) is 4.79 Å². The molecule has 0 spiro atoms. The predicted octanol–water partition coefficient (Wildman–Crippen LogP) is 3.56. The van der Waals surface area contributed by atoms with Gasteiger partial charge >= 0.3 is 5.63 Å². The van der Waals surface area contributed by atoms with Crippen LogP contribution in [0, 0.1) is 6.92 Å². The zero-order valence-electron chi connectivity index (χ0n) is 15.7. The first kappa shape index (κ1) is 18.0. The highest BCUT2D eigenvalue weighted by Gasteiger charge is 2.05. The van der Waals surface area contributed by atoms with Crippen LogP contribution in [0.2, 0.25) is 0 Å². The van der Waals surface area contributed by atoms with Gasteiger partial charge < -0.3 is 9.15 Å². The van der Waals surface area contributed by atoms with E-state index in [1.165, 1.54) is 11.6 Å². The molecule has 0 saturated heterocycles. The van der Waals surface area contributed by atoms with Gasteiger partial charge in [-0.2, -0.15) is 0 Å². The molecular formula is C22H21N3O3. The zero-order valence-corrected chi connectivity index (χ0v) is 15.7. The van der Waals surface area contributed by atoms with Gasteiger partial charge in [0.05, 0.1) is 12.2 Å². The van der Waals surface area contributed by atoms with E-state index < -0.39 is 0 Å². The second kappa shape index (κ2) is 8.08. The van der Waals surface area contributed by atoms with Gasteiger partial charge in [-0.1, -0.05) is 35.5 Å². The quantitative estimate of drug-likeness (QED) is 0.462. The maximum atomic E-state index is 11.5. The molecule has 0 amide bonds. The van der Waals surface area contributed by atoms with Crippen molar-refractivity contribution in [3.8, 4) is 5.75 Å². The summed E-state index contributed by atoms with van der Waals surface area (Å²) < 4.78 is 12.8. The molecular weight excluding hydrogens is 354 g/mol. The number of aromatic nitrogens is 3. The third-order valence-electron chi connectivity index (χ3n) is 4.61. The summed E-state index contributed by atoms with van der Waals surface area (Å²) in [5, 5.41) is 9.29. The Balaban J connectivity index is 1.32. The lowest BCUT2D eigenvalue weighted by Gasteiger charge is -2.07. The topological polar surface area (TPSA) is 70.2 Å². The van der Waals surface area contributed by atoms with Gasteiger partial charge in [0.15, 0.2) is 0 Å². The minimum absolute atomic E-state index is 0.354. The minimum Gasteiger partial charge on any atom is -0.492 e. The van der Waals surface area contributed by atoms with Gasteiger partial charge in [-0.3, -0.25) is 0 Å². The zero-order chi connectivity index (χ0) is 19.3. The summed E-state index contributed by atoms with van der Waals surface area (Å²) in [5.41, 5.74) is 3.33. The Bertz CT molecular complexity index is 1130. The molecule has 6 nitrogen and oxygen atoms in total. The summed E-state index contributed by atoms with van der Waals surface area (Å²) in [6, 6.07) is 17.4. The predicted molar refractivity (Wildman–Crippen MR) is 107 cm³/mol. The molecule has 2 aromatic carbocycles. The van der Waals surface area contributed by atoms with E-state index in [1.54, 1.807) is 10.7 Å². The lowest BCUT2D eigenvalue weighted by molar-refractivity contribution is 0.289.